The maximum Gasteiger partial charge on any atom is 0.262 e. The summed E-state index contributed by atoms with van der Waals surface area (Å²) in [5.41, 5.74) is 3.79. The quantitative estimate of drug-likeness (QED) is 0.879. The van der Waals surface area contributed by atoms with Gasteiger partial charge in [0.25, 0.3) is 5.91 Å². The molecule has 0 saturated carbocycles. The number of nitrogens with one attached hydrogen (secondary N) is 1. The third-order valence-corrected chi connectivity index (χ3v) is 3.66. The number of benzene rings is 2. The van der Waals surface area contributed by atoms with Crippen LogP contribution in [0.1, 0.15) is 23.6 Å². The topological polar surface area (TPSA) is 38.3 Å². The molecule has 0 aliphatic carbocycles. The van der Waals surface area contributed by atoms with Crippen LogP contribution < -0.4 is 10.1 Å². The minimum absolute atomic E-state index is 0.0264. The van der Waals surface area contributed by atoms with Crippen molar-refractivity contribution < 1.29 is 9.53 Å². The number of para-hydroxylation sites is 1. The Labute approximate surface area is 136 Å². The SMILES string of the molecule is CCc1ccccc1NC(=O)COc1c(C)cc(Cl)cc1C. The fraction of sp³-hybridized carbons (Fsp3) is 0.278. The average molecular weight is 318 g/mol. The van der Waals surface area contributed by atoms with Crippen molar-refractivity contribution in [3.05, 3.63) is 58.1 Å². The van der Waals surface area contributed by atoms with E-state index in [1.807, 2.05) is 50.2 Å². The fourth-order valence-corrected chi connectivity index (χ4v) is 2.73. The zero-order chi connectivity index (χ0) is 16.1. The highest BCUT2D eigenvalue weighted by molar-refractivity contribution is 6.30. The summed E-state index contributed by atoms with van der Waals surface area (Å²) in [5, 5.41) is 3.56. The number of ether oxygens (including phenoxy) is 1. The number of carbonyl (C=O) groups is 1. The Bertz CT molecular complexity index is 660. The molecule has 0 heterocycles. The van der Waals surface area contributed by atoms with Crippen LogP contribution in [0.4, 0.5) is 5.69 Å². The van der Waals surface area contributed by atoms with Crippen molar-refractivity contribution in [1.82, 2.24) is 0 Å². The lowest BCUT2D eigenvalue weighted by molar-refractivity contribution is -0.118. The van der Waals surface area contributed by atoms with Crippen LogP contribution in [0.3, 0.4) is 0 Å². The van der Waals surface area contributed by atoms with Crippen molar-refractivity contribution in [3.8, 4) is 5.75 Å². The molecule has 22 heavy (non-hydrogen) atoms. The second-order valence-electron chi connectivity index (χ2n) is 5.22. The number of hydrogen-bond donors (Lipinski definition) is 1. The van der Waals surface area contributed by atoms with E-state index in [1.165, 1.54) is 0 Å². The highest BCUT2D eigenvalue weighted by Gasteiger charge is 2.10. The number of amides is 1. The zero-order valence-corrected chi connectivity index (χ0v) is 13.8. The number of hydrogen-bond acceptors (Lipinski definition) is 2. The van der Waals surface area contributed by atoms with Gasteiger partial charge in [-0.15, -0.1) is 0 Å². The summed E-state index contributed by atoms with van der Waals surface area (Å²) < 4.78 is 5.66. The lowest BCUT2D eigenvalue weighted by Crippen LogP contribution is -2.21. The van der Waals surface area contributed by atoms with E-state index in [2.05, 4.69) is 12.2 Å². The van der Waals surface area contributed by atoms with Crippen molar-refractivity contribution in [2.45, 2.75) is 27.2 Å². The molecule has 0 unspecified atom stereocenters. The molecule has 0 spiro atoms. The lowest BCUT2D eigenvalue weighted by atomic mass is 10.1. The Morgan fingerprint density at radius 2 is 1.82 bits per heavy atom. The molecular weight excluding hydrogens is 298 g/mol. The minimum atomic E-state index is -0.172. The summed E-state index contributed by atoms with van der Waals surface area (Å²) in [7, 11) is 0. The largest absolute Gasteiger partial charge is 0.483 e. The first-order valence-corrected chi connectivity index (χ1v) is 7.66. The normalized spacial score (nSPS) is 10.4. The van der Waals surface area contributed by atoms with E-state index in [-0.39, 0.29) is 12.5 Å². The Kier molecular flexibility index (Phi) is 5.45. The molecule has 2 aromatic carbocycles. The molecule has 1 N–H and O–H groups in total. The monoisotopic (exact) mass is 317 g/mol. The summed E-state index contributed by atoms with van der Waals surface area (Å²) in [6.07, 6.45) is 0.868. The zero-order valence-electron chi connectivity index (χ0n) is 13.1. The van der Waals surface area contributed by atoms with Gasteiger partial charge in [0.2, 0.25) is 0 Å². The summed E-state index contributed by atoms with van der Waals surface area (Å²) in [6, 6.07) is 11.4. The van der Waals surface area contributed by atoms with E-state index in [0.717, 1.165) is 28.8 Å². The van der Waals surface area contributed by atoms with Crippen LogP contribution in [0.25, 0.3) is 0 Å². The first-order chi connectivity index (χ1) is 10.5. The molecule has 0 bridgehead atoms. The second kappa shape index (κ2) is 7.32. The molecule has 3 nitrogen and oxygen atoms in total. The van der Waals surface area contributed by atoms with Crippen molar-refractivity contribution in [2.75, 3.05) is 11.9 Å². The van der Waals surface area contributed by atoms with Gasteiger partial charge in [-0.2, -0.15) is 0 Å². The van der Waals surface area contributed by atoms with Gasteiger partial charge in [0, 0.05) is 10.7 Å². The molecule has 0 aliphatic heterocycles. The highest BCUT2D eigenvalue weighted by Crippen LogP contribution is 2.27. The number of halogens is 1. The van der Waals surface area contributed by atoms with Crippen molar-refractivity contribution in [2.24, 2.45) is 0 Å². The van der Waals surface area contributed by atoms with E-state index < -0.39 is 0 Å². The molecule has 2 aromatic rings. The van der Waals surface area contributed by atoms with Crippen LogP contribution in [0.2, 0.25) is 5.02 Å². The molecule has 0 atom stereocenters. The van der Waals surface area contributed by atoms with Gasteiger partial charge in [-0.05, 0) is 55.2 Å². The highest BCUT2D eigenvalue weighted by atomic mass is 35.5. The molecular formula is C18H20ClNO2. The molecule has 0 aromatic heterocycles. The van der Waals surface area contributed by atoms with Crippen molar-refractivity contribution in [3.63, 3.8) is 0 Å². The van der Waals surface area contributed by atoms with Gasteiger partial charge in [0.05, 0.1) is 0 Å². The average Bonchev–Trinajstić information content (AvgIpc) is 2.46. The molecule has 0 saturated heterocycles. The first kappa shape index (κ1) is 16.4. The number of carbonyl (C=O) groups excluding carboxylic acids is 1. The Morgan fingerprint density at radius 1 is 1.18 bits per heavy atom. The van der Waals surface area contributed by atoms with Crippen LogP contribution in [0.5, 0.6) is 5.75 Å². The van der Waals surface area contributed by atoms with Gasteiger partial charge in [-0.25, -0.2) is 0 Å². The van der Waals surface area contributed by atoms with E-state index in [9.17, 15) is 4.79 Å². The Morgan fingerprint density at radius 3 is 2.45 bits per heavy atom. The van der Waals surface area contributed by atoms with Gasteiger partial charge >= 0.3 is 0 Å². The second-order valence-corrected chi connectivity index (χ2v) is 5.65. The molecule has 0 fully saturated rings. The van der Waals surface area contributed by atoms with Gasteiger partial charge in [0.1, 0.15) is 5.75 Å². The molecule has 0 aliphatic rings. The first-order valence-electron chi connectivity index (χ1n) is 7.28. The molecule has 2 rings (SSSR count). The standard InChI is InChI=1S/C18H20ClNO2/c1-4-14-7-5-6-8-16(14)20-17(21)11-22-18-12(2)9-15(19)10-13(18)3/h5-10H,4,11H2,1-3H3,(H,20,21). The smallest absolute Gasteiger partial charge is 0.262 e. The molecule has 0 radical (unpaired) electrons. The van der Waals surface area contributed by atoms with Crippen molar-refractivity contribution >= 4 is 23.2 Å². The van der Waals surface area contributed by atoms with Crippen LogP contribution in [0.15, 0.2) is 36.4 Å². The molecule has 4 heteroatoms. The summed E-state index contributed by atoms with van der Waals surface area (Å²) in [4.78, 5) is 12.1. The van der Waals surface area contributed by atoms with Gasteiger partial charge in [-0.1, -0.05) is 36.7 Å². The van der Waals surface area contributed by atoms with Gasteiger partial charge in [0.15, 0.2) is 6.61 Å². The number of aryl methyl sites for hydroxylation is 3. The summed E-state index contributed by atoms with van der Waals surface area (Å²) >= 11 is 5.99. The maximum absolute atomic E-state index is 12.1. The van der Waals surface area contributed by atoms with E-state index in [0.29, 0.717) is 10.8 Å². The Hall–Kier alpha value is -2.00. The fourth-order valence-electron chi connectivity index (χ4n) is 2.40. The van der Waals surface area contributed by atoms with Crippen LogP contribution in [-0.4, -0.2) is 12.5 Å². The third kappa shape index (κ3) is 4.01. The summed E-state index contributed by atoms with van der Waals surface area (Å²) in [6.45, 7) is 5.86. The Balaban J connectivity index is 2.02. The van der Waals surface area contributed by atoms with E-state index >= 15 is 0 Å². The minimum Gasteiger partial charge on any atom is -0.483 e. The number of rotatable bonds is 5. The van der Waals surface area contributed by atoms with Crippen LogP contribution >= 0.6 is 11.6 Å². The van der Waals surface area contributed by atoms with Gasteiger partial charge < -0.3 is 10.1 Å². The lowest BCUT2D eigenvalue weighted by Gasteiger charge is -2.13. The molecule has 116 valence electrons. The maximum atomic E-state index is 12.1. The number of anilines is 1. The van der Waals surface area contributed by atoms with Crippen molar-refractivity contribution in [1.29, 1.82) is 0 Å². The summed E-state index contributed by atoms with van der Waals surface area (Å²) in [5.74, 6) is 0.540. The predicted molar refractivity (Wildman–Crippen MR) is 90.9 cm³/mol. The van der Waals surface area contributed by atoms with Gasteiger partial charge in [-0.3, -0.25) is 4.79 Å². The van der Waals surface area contributed by atoms with Crippen LogP contribution in [-0.2, 0) is 11.2 Å². The molecule has 1 amide bonds. The van der Waals surface area contributed by atoms with Crippen LogP contribution in [0, 0.1) is 13.8 Å². The third-order valence-electron chi connectivity index (χ3n) is 3.45. The van der Waals surface area contributed by atoms with E-state index in [4.69, 9.17) is 16.3 Å². The predicted octanol–water partition coefficient (Wildman–Crippen LogP) is 4.54. The van der Waals surface area contributed by atoms with E-state index in [1.54, 1.807) is 0 Å².